The van der Waals surface area contributed by atoms with E-state index in [4.69, 9.17) is 17.6 Å². The second-order valence-corrected chi connectivity index (χ2v) is 4.26. The van der Waals surface area contributed by atoms with Crippen molar-refractivity contribution in [1.29, 1.82) is 0 Å². The molecule has 2 radical (unpaired) electrons. The Hall–Kier alpha value is -0.885. The summed E-state index contributed by atoms with van der Waals surface area (Å²) in [5, 5.41) is 2.31. The summed E-state index contributed by atoms with van der Waals surface area (Å²) in [7, 11) is 1.96. The van der Waals surface area contributed by atoms with Gasteiger partial charge in [-0.1, -0.05) is 0 Å². The van der Waals surface area contributed by atoms with Crippen LogP contribution in [0, 0.1) is 0 Å². The monoisotopic (exact) mass is 264 g/mol. The fraction of sp³-hybridized carbons (Fsp3) is 0.714. The van der Waals surface area contributed by atoms with Gasteiger partial charge in [-0.3, -0.25) is 14.1 Å². The molecule has 2 amide bonds. The first-order valence-electron chi connectivity index (χ1n) is 4.68. The van der Waals surface area contributed by atoms with E-state index in [9.17, 15) is 14.2 Å². The van der Waals surface area contributed by atoms with Crippen molar-refractivity contribution in [3.8, 4) is 0 Å². The lowest BCUT2D eigenvalue weighted by molar-refractivity contribution is -0.134. The summed E-state index contributed by atoms with van der Waals surface area (Å²) in [6.45, 7) is -0.751. The Morgan fingerprint density at radius 1 is 1.47 bits per heavy atom. The van der Waals surface area contributed by atoms with Gasteiger partial charge in [0.05, 0.1) is 21.0 Å². The van der Waals surface area contributed by atoms with E-state index >= 15 is 0 Å². The Morgan fingerprint density at radius 2 is 2.06 bits per heavy atom. The molecule has 8 nitrogen and oxygen atoms in total. The second kappa shape index (κ2) is 7.44. The molecule has 0 atom stereocenters. The van der Waals surface area contributed by atoms with Gasteiger partial charge >= 0.3 is 7.82 Å². The lowest BCUT2D eigenvalue weighted by Gasteiger charge is -2.21. The van der Waals surface area contributed by atoms with Crippen LogP contribution in [0.25, 0.3) is 0 Å². The van der Waals surface area contributed by atoms with E-state index in [1.165, 1.54) is 7.05 Å². The predicted molar refractivity (Wildman–Crippen MR) is 59.2 cm³/mol. The van der Waals surface area contributed by atoms with Gasteiger partial charge in [0.2, 0.25) is 11.8 Å². The van der Waals surface area contributed by atoms with Crippen LogP contribution in [0.1, 0.15) is 0 Å². The van der Waals surface area contributed by atoms with Gasteiger partial charge in [-0.05, 0) is 6.32 Å². The summed E-state index contributed by atoms with van der Waals surface area (Å²) >= 11 is 0. The van der Waals surface area contributed by atoms with Crippen LogP contribution < -0.4 is 5.32 Å². The number of nitrogens with zero attached hydrogens (tertiary/aromatic N) is 1. The minimum Gasteiger partial charge on any atom is -0.358 e. The molecule has 0 aliphatic rings. The third-order valence-corrected chi connectivity index (χ3v) is 2.28. The smallest absolute Gasteiger partial charge is 0.358 e. The molecule has 0 rings (SSSR count). The van der Waals surface area contributed by atoms with Crippen LogP contribution >= 0.6 is 7.82 Å². The minimum atomic E-state index is -4.57. The van der Waals surface area contributed by atoms with Crippen LogP contribution in [0.5, 0.6) is 0 Å². The molecule has 0 aliphatic carbocycles. The number of hydrogen-bond acceptors (Lipinski definition) is 4. The summed E-state index contributed by atoms with van der Waals surface area (Å²) in [6.07, 6.45) is -0.299. The van der Waals surface area contributed by atoms with Crippen LogP contribution in [0.4, 0.5) is 0 Å². The van der Waals surface area contributed by atoms with Crippen LogP contribution in [0.15, 0.2) is 0 Å². The molecule has 0 fully saturated rings. The molecule has 0 heterocycles. The molecule has 96 valence electrons. The Morgan fingerprint density at radius 3 is 2.47 bits per heavy atom. The molecule has 10 heteroatoms. The maximum Gasteiger partial charge on any atom is 0.469 e. The van der Waals surface area contributed by atoms with Crippen molar-refractivity contribution < 1.29 is 28.5 Å². The number of rotatable bonds is 7. The van der Waals surface area contributed by atoms with Crippen LogP contribution in [0.2, 0.25) is 6.32 Å². The van der Waals surface area contributed by atoms with Gasteiger partial charge in [0, 0.05) is 13.6 Å². The molecule has 0 aliphatic heterocycles. The Bertz CT molecular complexity index is 319. The lowest BCUT2D eigenvalue weighted by atomic mass is 10.0. The molecule has 3 N–H and O–H groups in total. The first kappa shape index (κ1) is 16.1. The van der Waals surface area contributed by atoms with Crippen molar-refractivity contribution in [3.63, 3.8) is 0 Å². The molecule has 0 bridgehead atoms. The van der Waals surface area contributed by atoms with Gasteiger partial charge in [0.15, 0.2) is 0 Å². The van der Waals surface area contributed by atoms with Crippen molar-refractivity contribution in [2.75, 3.05) is 26.7 Å². The fourth-order valence-corrected chi connectivity index (χ4v) is 1.26. The van der Waals surface area contributed by atoms with Crippen molar-refractivity contribution in [1.82, 2.24) is 10.2 Å². The molecule has 17 heavy (non-hydrogen) atoms. The Labute approximate surface area is 100.0 Å². The summed E-state index contributed by atoms with van der Waals surface area (Å²) in [4.78, 5) is 40.3. The van der Waals surface area contributed by atoms with E-state index in [1.54, 1.807) is 0 Å². The maximum atomic E-state index is 11.3. The molecule has 0 aromatic heterocycles. The van der Waals surface area contributed by atoms with Gasteiger partial charge in [-0.25, -0.2) is 4.57 Å². The Balaban J connectivity index is 4.25. The van der Waals surface area contributed by atoms with Crippen molar-refractivity contribution in [2.45, 2.75) is 6.32 Å². The van der Waals surface area contributed by atoms with E-state index < -0.39 is 19.6 Å². The Kier molecular flexibility index (Phi) is 7.06. The molecule has 0 saturated heterocycles. The lowest BCUT2D eigenvalue weighted by Crippen LogP contribution is -2.41. The summed E-state index contributed by atoms with van der Waals surface area (Å²) in [5.74, 6) is -0.925. The zero-order chi connectivity index (χ0) is 13.5. The van der Waals surface area contributed by atoms with Crippen molar-refractivity contribution in [3.05, 3.63) is 0 Å². The normalized spacial score (nSPS) is 11.0. The highest BCUT2D eigenvalue weighted by atomic mass is 31.2. The van der Waals surface area contributed by atoms with E-state index in [0.717, 1.165) is 4.90 Å². The first-order valence-corrected chi connectivity index (χ1v) is 6.21. The first-order chi connectivity index (χ1) is 7.80. The zero-order valence-corrected chi connectivity index (χ0v) is 10.2. The van der Waals surface area contributed by atoms with Gasteiger partial charge in [-0.15, -0.1) is 0 Å². The second-order valence-electron chi connectivity index (χ2n) is 3.02. The van der Waals surface area contributed by atoms with Gasteiger partial charge in [0.1, 0.15) is 0 Å². The molecule has 0 aromatic rings. The highest BCUT2D eigenvalue weighted by Crippen LogP contribution is 2.35. The number of phosphoric acid groups is 1. The fourth-order valence-electron chi connectivity index (χ4n) is 0.943. The highest BCUT2D eigenvalue weighted by Gasteiger charge is 2.18. The van der Waals surface area contributed by atoms with Crippen LogP contribution in [-0.2, 0) is 18.7 Å². The van der Waals surface area contributed by atoms with E-state index in [1.807, 2.05) is 0 Å². The number of phosphoric ester groups is 1. The third kappa shape index (κ3) is 7.92. The van der Waals surface area contributed by atoms with Gasteiger partial charge in [-0.2, -0.15) is 0 Å². The van der Waals surface area contributed by atoms with Crippen molar-refractivity contribution in [2.24, 2.45) is 0 Å². The highest BCUT2D eigenvalue weighted by molar-refractivity contribution is 7.46. The molecule has 0 unspecified atom stereocenters. The quantitative estimate of drug-likeness (QED) is 0.371. The predicted octanol–water partition coefficient (Wildman–Crippen LogP) is -1.74. The standard InChI is InChI=1S/C7H14BN2O6P/c1-9-6(11)5-10(7(12)4-8)2-3-16-17(13,14)15/h2-5H2,1H3,(H,9,11)(H2,13,14,15). The SMILES string of the molecule is [B]CC(=O)N(CCOP(=O)(O)O)CC(=O)NC. The van der Waals surface area contributed by atoms with Crippen LogP contribution in [0.3, 0.4) is 0 Å². The molecular formula is C7H14BN2O6P. The summed E-state index contributed by atoms with van der Waals surface area (Å²) in [5.41, 5.74) is 0. The van der Waals surface area contributed by atoms with E-state index in [0.29, 0.717) is 0 Å². The third-order valence-electron chi connectivity index (χ3n) is 1.76. The zero-order valence-electron chi connectivity index (χ0n) is 9.33. The number of carbonyl (C=O) groups excluding carboxylic acids is 2. The number of likely N-dealkylation sites (N-methyl/N-ethyl adjacent to an activating group) is 1. The number of hydrogen-bond donors (Lipinski definition) is 3. The molecule has 0 saturated carbocycles. The minimum absolute atomic E-state index is 0.130. The number of nitrogens with one attached hydrogen (secondary N) is 1. The molecular weight excluding hydrogens is 250 g/mol. The average Bonchev–Trinajstić information content (AvgIpc) is 2.24. The van der Waals surface area contributed by atoms with Crippen LogP contribution in [-0.4, -0.2) is 61.1 Å². The maximum absolute atomic E-state index is 11.3. The molecule has 0 aromatic carbocycles. The van der Waals surface area contributed by atoms with Gasteiger partial charge < -0.3 is 20.0 Å². The number of amides is 2. The summed E-state index contributed by atoms with van der Waals surface area (Å²) in [6, 6.07) is 0. The topological polar surface area (TPSA) is 116 Å². The average molecular weight is 264 g/mol. The molecule has 0 spiro atoms. The summed E-state index contributed by atoms with van der Waals surface area (Å²) < 4.78 is 14.6. The number of carbonyl (C=O) groups is 2. The van der Waals surface area contributed by atoms with E-state index in [2.05, 4.69) is 9.84 Å². The van der Waals surface area contributed by atoms with Gasteiger partial charge in [0.25, 0.3) is 0 Å². The largest absolute Gasteiger partial charge is 0.469 e. The van der Waals surface area contributed by atoms with E-state index in [-0.39, 0.29) is 26.0 Å². The van der Waals surface area contributed by atoms with Crippen molar-refractivity contribution >= 4 is 27.5 Å².